The van der Waals surface area contributed by atoms with Crippen molar-refractivity contribution in [3.63, 3.8) is 0 Å². The molecule has 0 aliphatic rings. The van der Waals surface area contributed by atoms with Crippen LogP contribution in [0.4, 0.5) is 5.82 Å². The van der Waals surface area contributed by atoms with Crippen molar-refractivity contribution in [2.24, 2.45) is 0 Å². The van der Waals surface area contributed by atoms with Gasteiger partial charge in [-0.1, -0.05) is 6.07 Å². The Morgan fingerprint density at radius 2 is 2.00 bits per heavy atom. The van der Waals surface area contributed by atoms with Crippen molar-refractivity contribution in [1.29, 1.82) is 0 Å². The Bertz CT molecular complexity index is 544. The van der Waals surface area contributed by atoms with Crippen LogP contribution in [0.5, 0.6) is 11.5 Å². The van der Waals surface area contributed by atoms with Gasteiger partial charge in [0.2, 0.25) is 0 Å². The number of rotatable bonds is 4. The van der Waals surface area contributed by atoms with Gasteiger partial charge >= 0.3 is 0 Å². The summed E-state index contributed by atoms with van der Waals surface area (Å²) in [6.45, 7) is 0. The molecule has 2 N–H and O–H groups in total. The smallest absolute Gasteiger partial charge is 0.135 e. The highest BCUT2D eigenvalue weighted by atomic mass is 16.5. The highest BCUT2D eigenvalue weighted by Crippen LogP contribution is 2.25. The number of methoxy groups -OCH3 is 2. The van der Waals surface area contributed by atoms with Gasteiger partial charge in [0.15, 0.2) is 0 Å². The average molecular weight is 245 g/mol. The van der Waals surface area contributed by atoms with Gasteiger partial charge in [-0.2, -0.15) is 0 Å². The lowest BCUT2D eigenvalue weighted by molar-refractivity contribution is 0.391. The normalized spacial score (nSPS) is 10.1. The Hall–Kier alpha value is -2.30. The minimum atomic E-state index is 0.465. The van der Waals surface area contributed by atoms with E-state index in [-0.39, 0.29) is 0 Å². The predicted octanol–water partition coefficient (Wildman–Crippen LogP) is 1.67. The van der Waals surface area contributed by atoms with Crippen molar-refractivity contribution in [2.75, 3.05) is 20.0 Å². The van der Waals surface area contributed by atoms with Crippen molar-refractivity contribution < 1.29 is 9.47 Å². The Morgan fingerprint density at radius 1 is 1.17 bits per heavy atom. The van der Waals surface area contributed by atoms with Crippen LogP contribution in [0.15, 0.2) is 30.5 Å². The van der Waals surface area contributed by atoms with Crippen LogP contribution in [0, 0.1) is 0 Å². The van der Waals surface area contributed by atoms with Crippen molar-refractivity contribution in [3.05, 3.63) is 41.9 Å². The van der Waals surface area contributed by atoms with Gasteiger partial charge in [-0.3, -0.25) is 0 Å². The predicted molar refractivity (Wildman–Crippen MR) is 68.8 cm³/mol. The van der Waals surface area contributed by atoms with Crippen molar-refractivity contribution >= 4 is 5.82 Å². The van der Waals surface area contributed by atoms with Crippen molar-refractivity contribution in [1.82, 2.24) is 9.97 Å². The lowest BCUT2D eigenvalue weighted by Gasteiger charge is -2.09. The molecular weight excluding hydrogens is 230 g/mol. The molecule has 0 atom stereocenters. The molecule has 5 nitrogen and oxygen atoms in total. The molecule has 1 aromatic heterocycles. The molecule has 0 unspecified atom stereocenters. The van der Waals surface area contributed by atoms with Gasteiger partial charge in [0, 0.05) is 24.2 Å². The van der Waals surface area contributed by atoms with E-state index in [1.54, 1.807) is 26.5 Å². The first-order chi connectivity index (χ1) is 8.72. The summed E-state index contributed by atoms with van der Waals surface area (Å²) in [6, 6.07) is 7.31. The molecule has 1 heterocycles. The number of ether oxygens (including phenoxy) is 2. The maximum absolute atomic E-state index is 5.63. The molecule has 0 bridgehead atoms. The van der Waals surface area contributed by atoms with E-state index in [4.69, 9.17) is 15.2 Å². The number of hydrogen-bond acceptors (Lipinski definition) is 5. The molecule has 0 aliphatic carbocycles. The van der Waals surface area contributed by atoms with Gasteiger partial charge in [-0.15, -0.1) is 0 Å². The fraction of sp³-hybridized carbons (Fsp3) is 0.231. The monoisotopic (exact) mass is 245 g/mol. The molecule has 0 saturated carbocycles. The number of nitrogens with zero attached hydrogens (tertiary/aromatic N) is 2. The van der Waals surface area contributed by atoms with Gasteiger partial charge in [0.25, 0.3) is 0 Å². The van der Waals surface area contributed by atoms with Crippen molar-refractivity contribution in [2.45, 2.75) is 6.42 Å². The van der Waals surface area contributed by atoms with Gasteiger partial charge in [-0.25, -0.2) is 9.97 Å². The molecule has 2 aromatic rings. The third-order valence-electron chi connectivity index (χ3n) is 2.57. The molecule has 0 aliphatic heterocycles. The molecule has 1 aromatic carbocycles. The fourth-order valence-electron chi connectivity index (χ4n) is 1.67. The van der Waals surface area contributed by atoms with E-state index < -0.39 is 0 Å². The van der Waals surface area contributed by atoms with E-state index in [0.717, 1.165) is 17.1 Å². The number of anilines is 1. The molecule has 0 radical (unpaired) electrons. The molecule has 0 saturated heterocycles. The second-order valence-corrected chi connectivity index (χ2v) is 3.75. The second-order valence-electron chi connectivity index (χ2n) is 3.75. The number of nitrogen functional groups attached to an aromatic ring is 1. The van der Waals surface area contributed by atoms with E-state index >= 15 is 0 Å². The van der Waals surface area contributed by atoms with Gasteiger partial charge in [-0.05, 0) is 12.1 Å². The van der Waals surface area contributed by atoms with Gasteiger partial charge in [0.05, 0.1) is 14.2 Å². The molecule has 5 heteroatoms. The average Bonchev–Trinajstić information content (AvgIpc) is 2.39. The maximum Gasteiger partial charge on any atom is 0.135 e. The molecular formula is C13H15N3O2. The summed E-state index contributed by atoms with van der Waals surface area (Å²) in [5.74, 6) is 2.63. The van der Waals surface area contributed by atoms with Crippen LogP contribution in [-0.4, -0.2) is 24.2 Å². The molecule has 0 spiro atoms. The van der Waals surface area contributed by atoms with E-state index in [0.29, 0.717) is 18.1 Å². The van der Waals surface area contributed by atoms with Crippen LogP contribution in [-0.2, 0) is 6.42 Å². The zero-order chi connectivity index (χ0) is 13.0. The topological polar surface area (TPSA) is 70.3 Å². The Kier molecular flexibility index (Phi) is 3.62. The quantitative estimate of drug-likeness (QED) is 0.887. The van der Waals surface area contributed by atoms with Crippen LogP contribution >= 0.6 is 0 Å². The lowest BCUT2D eigenvalue weighted by Crippen LogP contribution is -2.01. The summed E-state index contributed by atoms with van der Waals surface area (Å²) < 4.78 is 10.5. The SMILES string of the molecule is COc1ccc(Cc2nccc(N)n2)c(OC)c1. The first-order valence-corrected chi connectivity index (χ1v) is 5.51. The summed E-state index contributed by atoms with van der Waals surface area (Å²) in [4.78, 5) is 8.34. The molecule has 2 rings (SSSR count). The summed E-state index contributed by atoms with van der Waals surface area (Å²) in [6.07, 6.45) is 2.21. The van der Waals surface area contributed by atoms with Crippen LogP contribution in [0.25, 0.3) is 0 Å². The Labute approximate surface area is 106 Å². The van der Waals surface area contributed by atoms with Crippen LogP contribution in [0.1, 0.15) is 11.4 Å². The molecule has 18 heavy (non-hydrogen) atoms. The molecule has 0 fully saturated rings. The fourth-order valence-corrected chi connectivity index (χ4v) is 1.67. The maximum atomic E-state index is 5.63. The van der Waals surface area contributed by atoms with E-state index in [9.17, 15) is 0 Å². The van der Waals surface area contributed by atoms with Gasteiger partial charge in [0.1, 0.15) is 23.1 Å². The Balaban J connectivity index is 2.28. The third kappa shape index (κ3) is 2.68. The minimum Gasteiger partial charge on any atom is -0.497 e. The van der Waals surface area contributed by atoms with E-state index in [1.165, 1.54) is 0 Å². The van der Waals surface area contributed by atoms with Crippen LogP contribution < -0.4 is 15.2 Å². The summed E-state index contributed by atoms with van der Waals surface area (Å²) in [5.41, 5.74) is 6.62. The summed E-state index contributed by atoms with van der Waals surface area (Å²) >= 11 is 0. The van der Waals surface area contributed by atoms with Crippen LogP contribution in [0.3, 0.4) is 0 Å². The molecule has 94 valence electrons. The zero-order valence-corrected chi connectivity index (χ0v) is 10.4. The van der Waals surface area contributed by atoms with Crippen molar-refractivity contribution in [3.8, 4) is 11.5 Å². The standard InChI is InChI=1S/C13H15N3O2/c1-17-10-4-3-9(11(8-10)18-2)7-13-15-6-5-12(14)16-13/h3-6,8H,7H2,1-2H3,(H2,14,15,16). The van der Waals surface area contributed by atoms with E-state index in [1.807, 2.05) is 18.2 Å². The number of nitrogens with two attached hydrogens (primary N) is 1. The highest BCUT2D eigenvalue weighted by Gasteiger charge is 2.07. The number of benzene rings is 1. The molecule has 0 amide bonds. The summed E-state index contributed by atoms with van der Waals surface area (Å²) in [7, 11) is 3.24. The number of aromatic nitrogens is 2. The second kappa shape index (κ2) is 5.35. The first kappa shape index (κ1) is 12.2. The zero-order valence-electron chi connectivity index (χ0n) is 10.4. The largest absolute Gasteiger partial charge is 0.497 e. The third-order valence-corrected chi connectivity index (χ3v) is 2.57. The first-order valence-electron chi connectivity index (χ1n) is 5.51. The van der Waals surface area contributed by atoms with E-state index in [2.05, 4.69) is 9.97 Å². The lowest BCUT2D eigenvalue weighted by atomic mass is 10.1. The Morgan fingerprint density at radius 3 is 2.67 bits per heavy atom. The van der Waals surface area contributed by atoms with Crippen LogP contribution in [0.2, 0.25) is 0 Å². The minimum absolute atomic E-state index is 0.465. The number of hydrogen-bond donors (Lipinski definition) is 1. The highest BCUT2D eigenvalue weighted by molar-refractivity contribution is 5.42. The summed E-state index contributed by atoms with van der Waals surface area (Å²) in [5, 5.41) is 0. The van der Waals surface area contributed by atoms with Gasteiger partial charge < -0.3 is 15.2 Å².